The topological polar surface area (TPSA) is 152 Å². The van der Waals surface area contributed by atoms with E-state index in [4.69, 9.17) is 0 Å². The number of carbonyl (C=O) groups excluding carboxylic acids is 5. The quantitative estimate of drug-likeness (QED) is 0.370. The molecule has 0 aromatic heterocycles. The molecular weight excluding hydrogens is 472 g/mol. The number of hydrogen-bond donors (Lipinski definition) is 3. The van der Waals surface area contributed by atoms with E-state index in [0.717, 1.165) is 6.54 Å². The number of methoxy groups -OCH3 is 2. The zero-order valence-electron chi connectivity index (χ0n) is 25.5. The van der Waals surface area contributed by atoms with E-state index in [1.54, 1.807) is 13.8 Å². The first kappa shape index (κ1) is 50.1. The Balaban J connectivity index is -0.0000000553. The van der Waals surface area contributed by atoms with Gasteiger partial charge in [0.05, 0.1) is 20.8 Å². The van der Waals surface area contributed by atoms with Gasteiger partial charge in [0.25, 0.3) is 0 Å². The highest BCUT2D eigenvalue weighted by Gasteiger charge is 1.89. The summed E-state index contributed by atoms with van der Waals surface area (Å²) in [6.45, 7) is 15.4. The molecule has 3 amide bonds. The molecule has 36 heavy (non-hydrogen) atoms. The minimum absolute atomic E-state index is 0.0394. The molecule has 0 heterocycles. The molecule has 0 aliphatic carbocycles. The summed E-state index contributed by atoms with van der Waals surface area (Å²) in [4.78, 5) is 51.3. The van der Waals surface area contributed by atoms with Gasteiger partial charge in [-0.15, -0.1) is 0 Å². The van der Waals surface area contributed by atoms with Gasteiger partial charge in [-0.1, -0.05) is 27.2 Å². The average molecular weight is 529 g/mol. The van der Waals surface area contributed by atoms with Gasteiger partial charge in [0.15, 0.2) is 0 Å². The molecule has 220 valence electrons. The van der Waals surface area contributed by atoms with Crippen LogP contribution in [0.4, 0.5) is 9.59 Å². The summed E-state index contributed by atoms with van der Waals surface area (Å²) in [7, 11) is 11.7. The monoisotopic (exact) mass is 528 g/mol. The summed E-state index contributed by atoms with van der Waals surface area (Å²) >= 11 is 0. The third kappa shape index (κ3) is 164. The molecule has 0 unspecified atom stereocenters. The zero-order chi connectivity index (χ0) is 30.5. The molecule has 0 fully saturated rings. The first-order valence-corrected chi connectivity index (χ1v) is 11.6. The Morgan fingerprint density at radius 1 is 0.722 bits per heavy atom. The Morgan fingerprint density at radius 3 is 1.06 bits per heavy atom. The van der Waals surface area contributed by atoms with E-state index in [-0.39, 0.29) is 23.8 Å². The predicted molar refractivity (Wildman–Crippen MR) is 146 cm³/mol. The number of nitrogens with zero attached hydrogens (tertiary/aromatic N) is 1. The van der Waals surface area contributed by atoms with E-state index >= 15 is 0 Å². The molecule has 0 aromatic carbocycles. The highest BCUT2D eigenvalue weighted by molar-refractivity contribution is 5.75. The van der Waals surface area contributed by atoms with Gasteiger partial charge in [0, 0.05) is 40.9 Å². The van der Waals surface area contributed by atoms with Crippen LogP contribution in [0.3, 0.4) is 0 Å². The number of rotatable bonds is 3. The average Bonchev–Trinajstić information content (AvgIpc) is 2.80. The lowest BCUT2D eigenvalue weighted by Crippen LogP contribution is -2.18. The maximum absolute atomic E-state index is 10.1. The minimum Gasteiger partial charge on any atom is -0.469 e. The second-order valence-electron chi connectivity index (χ2n) is 6.60. The Bertz CT molecular complexity index is 466. The summed E-state index contributed by atoms with van der Waals surface area (Å²) in [5, 5.41) is 7.13. The fourth-order valence-corrected chi connectivity index (χ4v) is 0.554. The lowest BCUT2D eigenvalue weighted by Gasteiger charge is -1.95. The molecule has 12 heteroatoms. The third-order valence-electron chi connectivity index (χ3n) is 2.08. The van der Waals surface area contributed by atoms with Crippen LogP contribution < -0.4 is 16.0 Å². The van der Waals surface area contributed by atoms with Crippen molar-refractivity contribution in [3.8, 4) is 0 Å². The van der Waals surface area contributed by atoms with E-state index in [2.05, 4.69) is 44.0 Å². The van der Waals surface area contributed by atoms with Crippen molar-refractivity contribution in [2.45, 2.75) is 68.2 Å². The number of ether oxygens (including phenoxy) is 3. The molecule has 0 spiro atoms. The van der Waals surface area contributed by atoms with E-state index in [0.29, 0.717) is 13.0 Å². The van der Waals surface area contributed by atoms with E-state index in [1.807, 2.05) is 39.9 Å². The van der Waals surface area contributed by atoms with Crippen LogP contribution in [0.15, 0.2) is 0 Å². The highest BCUT2D eigenvalue weighted by atomic mass is 16.5. The van der Waals surface area contributed by atoms with Crippen molar-refractivity contribution < 1.29 is 38.2 Å². The van der Waals surface area contributed by atoms with Crippen molar-refractivity contribution in [1.29, 1.82) is 0 Å². The first-order chi connectivity index (χ1) is 16.6. The molecule has 0 atom stereocenters. The summed E-state index contributed by atoms with van der Waals surface area (Å²) in [6, 6.07) is 0. The highest BCUT2D eigenvalue weighted by Crippen LogP contribution is 1.71. The molecule has 0 bridgehead atoms. The Labute approximate surface area is 220 Å². The third-order valence-corrected chi connectivity index (χ3v) is 2.08. The molecule has 0 aliphatic heterocycles. The van der Waals surface area contributed by atoms with E-state index in [1.165, 1.54) is 48.6 Å². The van der Waals surface area contributed by atoms with Gasteiger partial charge in [-0.25, -0.2) is 9.59 Å². The van der Waals surface area contributed by atoms with Crippen LogP contribution in [0, 0.1) is 0 Å². The Hall–Kier alpha value is -2.89. The molecule has 0 aromatic rings. The van der Waals surface area contributed by atoms with Crippen LogP contribution in [-0.4, -0.2) is 97.4 Å². The van der Waals surface area contributed by atoms with Crippen molar-refractivity contribution in [2.24, 2.45) is 0 Å². The van der Waals surface area contributed by atoms with Crippen LogP contribution >= 0.6 is 0 Å². The number of carbonyl (C=O) groups is 5. The smallest absolute Gasteiger partial charge is 0.406 e. The van der Waals surface area contributed by atoms with E-state index in [9.17, 15) is 24.0 Å². The van der Waals surface area contributed by atoms with E-state index < -0.39 is 6.09 Å². The van der Waals surface area contributed by atoms with Crippen LogP contribution in [0.2, 0.25) is 0 Å². The van der Waals surface area contributed by atoms with Crippen molar-refractivity contribution in [2.75, 3.05) is 62.6 Å². The number of alkyl carbamates (subject to hydrolysis) is 2. The minimum atomic E-state index is -0.407. The SMILES string of the molecule is CCC.CCC(C)=O.CCNC(C)=O.CCOC(=O)NC.CN(C)C.CNC(=O)OC.COC(C)=O. The van der Waals surface area contributed by atoms with Gasteiger partial charge in [0.1, 0.15) is 5.78 Å². The predicted octanol–water partition coefficient (Wildman–Crippen LogP) is 3.24. The number of amides is 3. The number of ketones is 1. The molecule has 0 radical (unpaired) electrons. The molecule has 3 N–H and O–H groups in total. The molecular formula is C24H56N4O8. The summed E-state index contributed by atoms with van der Waals surface area (Å²) in [6.07, 6.45) is 1.14. The van der Waals surface area contributed by atoms with Crippen molar-refractivity contribution in [1.82, 2.24) is 20.9 Å². The fraction of sp³-hybridized carbons (Fsp3) is 0.792. The number of esters is 1. The maximum atomic E-state index is 10.1. The molecule has 0 aliphatic rings. The lowest BCUT2D eigenvalue weighted by molar-refractivity contribution is -0.138. The van der Waals surface area contributed by atoms with Gasteiger partial charge in [-0.05, 0) is 41.9 Å². The van der Waals surface area contributed by atoms with Crippen LogP contribution in [-0.2, 0) is 28.6 Å². The Kier molecular flexibility index (Phi) is 68.6. The van der Waals surface area contributed by atoms with Gasteiger partial charge >= 0.3 is 18.2 Å². The molecule has 12 nitrogen and oxygen atoms in total. The fourth-order valence-electron chi connectivity index (χ4n) is 0.554. The number of nitrogens with one attached hydrogen (secondary N) is 3. The molecule has 0 saturated heterocycles. The summed E-state index contributed by atoms with van der Waals surface area (Å²) in [5.41, 5.74) is 0. The lowest BCUT2D eigenvalue weighted by atomic mass is 10.4. The van der Waals surface area contributed by atoms with Crippen molar-refractivity contribution >= 4 is 29.8 Å². The summed E-state index contributed by atoms with van der Waals surface area (Å²) in [5.74, 6) is 0.0486. The summed E-state index contributed by atoms with van der Waals surface area (Å²) < 4.78 is 12.7. The van der Waals surface area contributed by atoms with Crippen LogP contribution in [0.1, 0.15) is 68.2 Å². The molecule has 0 rings (SSSR count). The van der Waals surface area contributed by atoms with Gasteiger partial charge in [-0.3, -0.25) is 9.59 Å². The van der Waals surface area contributed by atoms with Crippen LogP contribution in [0.25, 0.3) is 0 Å². The number of hydrogen-bond acceptors (Lipinski definition) is 9. The normalized spacial score (nSPS) is 7.44. The molecule has 0 saturated carbocycles. The standard InChI is InChI=1S/C4H9NO2.C4H9NO.C4H8O.C3H7NO2.C3H9N.C3H6O2.C3H8/c1-3-7-4(6)5-2;1-3-5-4(2)6;1-3-4(2)5;1-4-3(5)6-2;1-4(2)3;1-3(4)5-2;1-3-2/h3H2,1-2H3,(H,5,6);3H2,1-2H3,(H,5,6);3H2,1-2H3;1-2H3,(H,4,5);1-3H3;1-2H3;3H2,1-2H3. The number of Topliss-reactive ketones (excluding diaryl/α,β-unsaturated/α-hetero) is 1. The second kappa shape index (κ2) is 49.3. The van der Waals surface area contributed by atoms with Crippen molar-refractivity contribution in [3.05, 3.63) is 0 Å². The first-order valence-electron chi connectivity index (χ1n) is 11.6. The Morgan fingerprint density at radius 2 is 1.03 bits per heavy atom. The van der Waals surface area contributed by atoms with Gasteiger partial charge in [0.2, 0.25) is 5.91 Å². The maximum Gasteiger partial charge on any atom is 0.406 e. The van der Waals surface area contributed by atoms with Gasteiger partial charge in [-0.2, -0.15) is 0 Å². The largest absolute Gasteiger partial charge is 0.469 e. The van der Waals surface area contributed by atoms with Crippen LogP contribution in [0.5, 0.6) is 0 Å². The zero-order valence-corrected chi connectivity index (χ0v) is 25.5. The van der Waals surface area contributed by atoms with Crippen molar-refractivity contribution in [3.63, 3.8) is 0 Å². The second-order valence-corrected chi connectivity index (χ2v) is 6.60. The van der Waals surface area contributed by atoms with Gasteiger partial charge < -0.3 is 39.9 Å².